The largest absolute Gasteiger partial charge is 0.228 e. The van der Waals surface area contributed by atoms with E-state index in [-0.39, 0.29) is 0 Å². The van der Waals surface area contributed by atoms with Crippen molar-refractivity contribution >= 4 is 8.07 Å². The molecule has 6 aromatic rings. The van der Waals surface area contributed by atoms with Crippen LogP contribution in [0, 0.1) is 0 Å². The van der Waals surface area contributed by atoms with E-state index in [9.17, 15) is 0 Å². The van der Waals surface area contributed by atoms with Crippen molar-refractivity contribution < 1.29 is 0 Å². The number of aromatic nitrogens is 6. The molecule has 7 heteroatoms. The Hall–Kier alpha value is -4.49. The van der Waals surface area contributed by atoms with Crippen LogP contribution < -0.4 is 0 Å². The number of benzene rings is 3. The van der Waals surface area contributed by atoms with Crippen molar-refractivity contribution in [3.8, 4) is 33.8 Å². The van der Waals surface area contributed by atoms with Crippen molar-refractivity contribution in [3.05, 3.63) is 128 Å². The summed E-state index contributed by atoms with van der Waals surface area (Å²) in [6.07, 6.45) is 6.19. The first-order valence-electron chi connectivity index (χ1n) is 12.8. The van der Waals surface area contributed by atoms with Gasteiger partial charge in [-0.05, 0) is 18.2 Å². The lowest BCUT2D eigenvalue weighted by Crippen LogP contribution is -2.64. The average Bonchev–Trinajstić information content (AvgIpc) is 3.72. The fourth-order valence-corrected chi connectivity index (χ4v) is 7.56. The minimum Gasteiger partial charge on any atom is -0.228 e. The van der Waals surface area contributed by atoms with Gasteiger partial charge in [-0.1, -0.05) is 111 Å². The van der Waals surface area contributed by atoms with Crippen molar-refractivity contribution in [2.75, 3.05) is 0 Å². The summed E-state index contributed by atoms with van der Waals surface area (Å²) < 4.78 is 6.18. The molecule has 3 heterocycles. The zero-order chi connectivity index (χ0) is 26.2. The van der Waals surface area contributed by atoms with Gasteiger partial charge in [-0.15, -0.1) is 0 Å². The maximum Gasteiger partial charge on any atom is 0.227 e. The summed E-state index contributed by atoms with van der Waals surface area (Å²) >= 11 is 0. The molecule has 0 bridgehead atoms. The molecule has 0 N–H and O–H groups in total. The highest BCUT2D eigenvalue weighted by Gasteiger charge is 2.51. The van der Waals surface area contributed by atoms with Crippen molar-refractivity contribution in [3.63, 3.8) is 0 Å². The highest BCUT2D eigenvalue weighted by Crippen LogP contribution is 2.35. The van der Waals surface area contributed by atoms with Gasteiger partial charge in [0, 0.05) is 35.3 Å². The minimum absolute atomic E-state index is 0.778. The molecule has 0 fully saturated rings. The maximum absolute atomic E-state index is 5.17. The van der Waals surface area contributed by atoms with E-state index in [0.29, 0.717) is 0 Å². The van der Waals surface area contributed by atoms with E-state index in [1.54, 1.807) is 0 Å². The van der Waals surface area contributed by atoms with Crippen LogP contribution in [0.15, 0.2) is 128 Å². The Bertz CT molecular complexity index is 1460. The van der Waals surface area contributed by atoms with E-state index in [1.807, 2.05) is 54.6 Å². The minimum atomic E-state index is -2.22. The first-order valence-corrected chi connectivity index (χ1v) is 16.3. The van der Waals surface area contributed by atoms with Crippen molar-refractivity contribution in [2.24, 2.45) is 0 Å². The summed E-state index contributed by atoms with van der Waals surface area (Å²) in [4.78, 5) is 0. The summed E-state index contributed by atoms with van der Waals surface area (Å²) in [6.45, 7) is 7.01. The lowest BCUT2D eigenvalue weighted by molar-refractivity contribution is 0.210. The van der Waals surface area contributed by atoms with Crippen LogP contribution in [0.2, 0.25) is 19.6 Å². The lowest BCUT2D eigenvalue weighted by Gasteiger charge is -2.43. The standard InChI is InChI=1S/C31H30N6Si/c1-38(2,3)31(35-22-19-28(32-35)25-13-7-4-8-14-25,36-23-20-29(33-36)26-15-9-5-10-16-26)37-24-21-30(34-37)27-17-11-6-12-18-27/h4-24H,1-3H3. The highest BCUT2D eigenvalue weighted by molar-refractivity contribution is 6.78. The molecule has 0 amide bonds. The van der Waals surface area contributed by atoms with Gasteiger partial charge in [-0.2, -0.15) is 15.3 Å². The maximum atomic E-state index is 5.17. The Balaban J connectivity index is 1.58. The molecule has 3 aromatic carbocycles. The third kappa shape index (κ3) is 4.01. The zero-order valence-corrected chi connectivity index (χ0v) is 22.8. The molecule has 0 saturated heterocycles. The van der Waals surface area contributed by atoms with Crippen LogP contribution in [0.25, 0.3) is 33.8 Å². The second-order valence-corrected chi connectivity index (χ2v) is 15.6. The first kappa shape index (κ1) is 23.9. The number of hydrogen-bond acceptors (Lipinski definition) is 3. The third-order valence-corrected chi connectivity index (χ3v) is 9.64. The summed E-state index contributed by atoms with van der Waals surface area (Å²) in [5.41, 5.74) is 5.20. The second kappa shape index (κ2) is 9.43. The first-order chi connectivity index (χ1) is 18.5. The van der Waals surface area contributed by atoms with Crippen LogP contribution >= 0.6 is 0 Å². The summed E-state index contributed by atoms with van der Waals surface area (Å²) in [6, 6.07) is 37.1. The van der Waals surface area contributed by atoms with Crippen molar-refractivity contribution in [2.45, 2.75) is 25.1 Å². The van der Waals surface area contributed by atoms with Crippen molar-refractivity contribution in [1.29, 1.82) is 0 Å². The Morgan fingerprint density at radius 1 is 0.447 bits per heavy atom. The second-order valence-electron chi connectivity index (χ2n) is 10.4. The molecule has 3 aromatic heterocycles. The quantitative estimate of drug-likeness (QED) is 0.219. The van der Waals surface area contributed by atoms with Crippen LogP contribution in [0.5, 0.6) is 0 Å². The molecule has 188 valence electrons. The SMILES string of the molecule is C[Si](C)(C)C(n1ccc(-c2ccccc2)n1)(n1ccc(-c2ccccc2)n1)n1ccc(-c2ccccc2)n1. The number of rotatable bonds is 7. The summed E-state index contributed by atoms with van der Waals surface area (Å²) in [5, 5.41) is 15.5. The van der Waals surface area contributed by atoms with E-state index < -0.39 is 13.5 Å². The third-order valence-electron chi connectivity index (χ3n) is 6.94. The molecule has 0 unspecified atom stereocenters. The van der Waals surface area contributed by atoms with E-state index in [1.165, 1.54) is 0 Å². The van der Waals surface area contributed by atoms with Crippen LogP contribution in [0.4, 0.5) is 0 Å². The van der Waals surface area contributed by atoms with Crippen LogP contribution in [0.3, 0.4) is 0 Å². The molecule has 6 nitrogen and oxygen atoms in total. The molecule has 0 radical (unpaired) electrons. The van der Waals surface area contributed by atoms with E-state index in [4.69, 9.17) is 15.3 Å². The van der Waals surface area contributed by atoms with Crippen LogP contribution in [-0.4, -0.2) is 37.4 Å². The fraction of sp³-hybridized carbons (Fsp3) is 0.129. The van der Waals surface area contributed by atoms with Gasteiger partial charge in [0.15, 0.2) is 0 Å². The predicted molar refractivity (Wildman–Crippen MR) is 155 cm³/mol. The number of hydrogen-bond donors (Lipinski definition) is 0. The molecular weight excluding hydrogens is 484 g/mol. The van der Waals surface area contributed by atoms with E-state index in [2.05, 4.69) is 107 Å². The van der Waals surface area contributed by atoms with Gasteiger partial charge in [0.25, 0.3) is 0 Å². The molecule has 38 heavy (non-hydrogen) atoms. The Morgan fingerprint density at radius 3 is 1.00 bits per heavy atom. The monoisotopic (exact) mass is 514 g/mol. The normalized spacial score (nSPS) is 12.1. The van der Waals surface area contributed by atoms with E-state index >= 15 is 0 Å². The molecule has 0 aliphatic heterocycles. The van der Waals surface area contributed by atoms with Gasteiger partial charge in [-0.25, -0.2) is 14.0 Å². The molecule has 0 spiro atoms. The molecular formula is C31H30N6Si. The topological polar surface area (TPSA) is 53.5 Å². The zero-order valence-electron chi connectivity index (χ0n) is 21.8. The molecule has 0 saturated carbocycles. The summed E-state index contributed by atoms with van der Waals surface area (Å²) in [7, 11) is -2.22. The molecule has 6 rings (SSSR count). The van der Waals surface area contributed by atoms with Gasteiger partial charge in [0.1, 0.15) is 8.07 Å². The van der Waals surface area contributed by atoms with Crippen LogP contribution in [-0.2, 0) is 5.41 Å². The smallest absolute Gasteiger partial charge is 0.227 e. The lowest BCUT2D eigenvalue weighted by atomic mass is 10.2. The summed E-state index contributed by atoms with van der Waals surface area (Å²) in [5.74, 6) is 0. The fourth-order valence-electron chi connectivity index (χ4n) is 5.13. The predicted octanol–water partition coefficient (Wildman–Crippen LogP) is 6.86. The Kier molecular flexibility index (Phi) is 5.92. The van der Waals surface area contributed by atoms with Gasteiger partial charge in [0.2, 0.25) is 5.41 Å². The number of nitrogens with zero attached hydrogens (tertiary/aromatic N) is 6. The van der Waals surface area contributed by atoms with Crippen molar-refractivity contribution in [1.82, 2.24) is 29.3 Å². The molecule has 0 atom stereocenters. The highest BCUT2D eigenvalue weighted by atomic mass is 28.3. The molecule has 0 aliphatic carbocycles. The van der Waals surface area contributed by atoms with E-state index in [0.717, 1.165) is 33.8 Å². The van der Waals surface area contributed by atoms with Crippen LogP contribution in [0.1, 0.15) is 0 Å². The van der Waals surface area contributed by atoms with Gasteiger partial charge < -0.3 is 0 Å². The Labute approximate surface area is 223 Å². The van der Waals surface area contributed by atoms with Gasteiger partial charge >= 0.3 is 0 Å². The van der Waals surface area contributed by atoms with Gasteiger partial charge in [0.05, 0.1) is 17.1 Å². The van der Waals surface area contributed by atoms with Gasteiger partial charge in [-0.3, -0.25) is 0 Å². The Morgan fingerprint density at radius 2 is 0.737 bits per heavy atom. The average molecular weight is 515 g/mol. The molecule has 0 aliphatic rings.